The molecule has 0 amide bonds. The van der Waals surface area contributed by atoms with Crippen LogP contribution in [0.25, 0.3) is 11.4 Å². The zero-order chi connectivity index (χ0) is 15.5. The van der Waals surface area contributed by atoms with Crippen LogP contribution in [0.3, 0.4) is 0 Å². The van der Waals surface area contributed by atoms with Crippen LogP contribution in [0.5, 0.6) is 6.01 Å². The Morgan fingerprint density at radius 2 is 1.95 bits per heavy atom. The molecule has 21 heavy (non-hydrogen) atoms. The molecule has 0 saturated carbocycles. The highest BCUT2D eigenvalue weighted by Crippen LogP contribution is 2.31. The topological polar surface area (TPSA) is 73.9 Å². The number of alkyl halides is 3. The molecule has 1 aromatic heterocycles. The van der Waals surface area contributed by atoms with Crippen LogP contribution in [-0.2, 0) is 6.18 Å². The maximum Gasteiger partial charge on any atom is 0.416 e. The molecule has 1 aromatic carbocycles. The monoisotopic (exact) mass is 298 g/mol. The molecule has 2 aromatic rings. The first-order chi connectivity index (χ1) is 9.90. The van der Waals surface area contributed by atoms with Crippen LogP contribution < -0.4 is 10.5 Å². The normalized spacial score (nSPS) is 11.4. The summed E-state index contributed by atoms with van der Waals surface area (Å²) in [5.41, 5.74) is 4.94. The average molecular weight is 298 g/mol. The van der Waals surface area contributed by atoms with Gasteiger partial charge in [-0.3, -0.25) is 0 Å². The number of nitrogens with two attached hydrogens (primary N) is 1. The summed E-state index contributed by atoms with van der Waals surface area (Å²) in [6, 6.07) is 4.68. The lowest BCUT2D eigenvalue weighted by Gasteiger charge is -2.09. The zero-order valence-electron chi connectivity index (χ0n) is 11.2. The van der Waals surface area contributed by atoms with Gasteiger partial charge >= 0.3 is 12.2 Å². The highest BCUT2D eigenvalue weighted by Gasteiger charge is 2.30. The number of anilines is 1. The predicted molar refractivity (Wildman–Crippen MR) is 70.5 cm³/mol. The number of rotatable bonds is 4. The Kier molecular flexibility index (Phi) is 4.25. The maximum atomic E-state index is 12.7. The van der Waals surface area contributed by atoms with Crippen molar-refractivity contribution in [2.24, 2.45) is 0 Å². The van der Waals surface area contributed by atoms with E-state index in [0.717, 1.165) is 18.6 Å². The van der Waals surface area contributed by atoms with Crippen LogP contribution in [0.15, 0.2) is 24.3 Å². The highest BCUT2D eigenvalue weighted by molar-refractivity contribution is 5.57. The van der Waals surface area contributed by atoms with Gasteiger partial charge in [-0.05, 0) is 18.6 Å². The molecule has 0 aliphatic heterocycles. The second-order valence-corrected chi connectivity index (χ2v) is 4.23. The fourth-order valence-electron chi connectivity index (χ4n) is 1.59. The van der Waals surface area contributed by atoms with Gasteiger partial charge in [0.15, 0.2) is 5.82 Å². The van der Waals surface area contributed by atoms with Gasteiger partial charge in [0.25, 0.3) is 0 Å². The molecule has 112 valence electrons. The minimum absolute atomic E-state index is 0.00300. The lowest BCUT2D eigenvalue weighted by atomic mass is 10.1. The third-order valence-corrected chi connectivity index (χ3v) is 2.52. The van der Waals surface area contributed by atoms with E-state index >= 15 is 0 Å². The predicted octanol–water partition coefficient (Wildman–Crippen LogP) is 2.93. The van der Waals surface area contributed by atoms with Crippen LogP contribution in [0, 0.1) is 0 Å². The summed E-state index contributed by atoms with van der Waals surface area (Å²) in [7, 11) is 0. The Hall–Kier alpha value is -2.38. The standard InChI is InChI=1S/C13H13F3N4O/c1-2-6-21-12-19-10(18-11(17)20-12)8-4-3-5-9(7-8)13(14,15)16/h3-5,7H,2,6H2,1H3,(H2,17,18,19,20). The van der Waals surface area contributed by atoms with E-state index in [1.54, 1.807) is 0 Å². The summed E-state index contributed by atoms with van der Waals surface area (Å²) < 4.78 is 43.3. The van der Waals surface area contributed by atoms with Crippen molar-refractivity contribution in [1.29, 1.82) is 0 Å². The number of hydrogen-bond acceptors (Lipinski definition) is 5. The first-order valence-electron chi connectivity index (χ1n) is 6.22. The smallest absolute Gasteiger partial charge is 0.416 e. The summed E-state index contributed by atoms with van der Waals surface area (Å²) in [5, 5.41) is 0. The molecule has 0 unspecified atom stereocenters. The van der Waals surface area contributed by atoms with Crippen molar-refractivity contribution in [3.63, 3.8) is 0 Å². The van der Waals surface area contributed by atoms with Gasteiger partial charge in [-0.15, -0.1) is 0 Å². The van der Waals surface area contributed by atoms with Gasteiger partial charge in [-0.2, -0.15) is 28.1 Å². The third-order valence-electron chi connectivity index (χ3n) is 2.52. The number of hydrogen-bond donors (Lipinski definition) is 1. The largest absolute Gasteiger partial charge is 0.463 e. The van der Waals surface area contributed by atoms with Crippen molar-refractivity contribution in [2.45, 2.75) is 19.5 Å². The van der Waals surface area contributed by atoms with E-state index in [2.05, 4.69) is 15.0 Å². The van der Waals surface area contributed by atoms with Crippen LogP contribution in [0.4, 0.5) is 19.1 Å². The van der Waals surface area contributed by atoms with Crippen LogP contribution >= 0.6 is 0 Å². The van der Waals surface area contributed by atoms with Gasteiger partial charge in [0.2, 0.25) is 5.95 Å². The first-order valence-corrected chi connectivity index (χ1v) is 6.22. The van der Waals surface area contributed by atoms with E-state index < -0.39 is 11.7 Å². The SMILES string of the molecule is CCCOc1nc(N)nc(-c2cccc(C(F)(F)F)c2)n1. The molecule has 2 rings (SSSR count). The molecule has 0 fully saturated rings. The zero-order valence-corrected chi connectivity index (χ0v) is 11.2. The lowest BCUT2D eigenvalue weighted by Crippen LogP contribution is -2.07. The van der Waals surface area contributed by atoms with Crippen molar-refractivity contribution in [3.8, 4) is 17.4 Å². The molecule has 0 spiro atoms. The number of halogens is 3. The van der Waals surface area contributed by atoms with Crippen molar-refractivity contribution < 1.29 is 17.9 Å². The van der Waals surface area contributed by atoms with Crippen LogP contribution in [0.2, 0.25) is 0 Å². The fraction of sp³-hybridized carbons (Fsp3) is 0.308. The fourth-order valence-corrected chi connectivity index (χ4v) is 1.59. The molecule has 0 radical (unpaired) electrons. The number of benzene rings is 1. The molecule has 1 heterocycles. The van der Waals surface area contributed by atoms with Gasteiger partial charge in [0, 0.05) is 5.56 Å². The first kappa shape index (κ1) is 15.0. The van der Waals surface area contributed by atoms with Gasteiger partial charge < -0.3 is 10.5 Å². The molecule has 5 nitrogen and oxygen atoms in total. The number of nitrogens with zero attached hydrogens (tertiary/aromatic N) is 3. The van der Waals surface area contributed by atoms with Gasteiger partial charge in [-0.25, -0.2) is 0 Å². The summed E-state index contributed by atoms with van der Waals surface area (Å²) in [5.74, 6) is -0.0665. The molecule has 8 heteroatoms. The molecule has 0 aliphatic rings. The Balaban J connectivity index is 2.39. The Morgan fingerprint density at radius 3 is 2.62 bits per heavy atom. The van der Waals surface area contributed by atoms with E-state index in [1.807, 2.05) is 6.92 Å². The van der Waals surface area contributed by atoms with E-state index in [4.69, 9.17) is 10.5 Å². The Bertz CT molecular complexity index is 631. The van der Waals surface area contributed by atoms with Gasteiger partial charge in [0.05, 0.1) is 12.2 Å². The summed E-state index contributed by atoms with van der Waals surface area (Å²) in [4.78, 5) is 11.6. The molecular formula is C13H13F3N4O. The van der Waals surface area contributed by atoms with E-state index in [0.29, 0.717) is 6.61 Å². The van der Waals surface area contributed by atoms with Crippen LogP contribution in [-0.4, -0.2) is 21.6 Å². The molecule has 2 N–H and O–H groups in total. The molecular weight excluding hydrogens is 285 g/mol. The van der Waals surface area contributed by atoms with E-state index in [9.17, 15) is 13.2 Å². The minimum Gasteiger partial charge on any atom is -0.463 e. The Morgan fingerprint density at radius 1 is 1.19 bits per heavy atom. The summed E-state index contributed by atoms with van der Waals surface area (Å²) in [6.45, 7) is 2.28. The Labute approximate surface area is 119 Å². The van der Waals surface area contributed by atoms with Gasteiger partial charge in [-0.1, -0.05) is 19.1 Å². The molecule has 0 bridgehead atoms. The average Bonchev–Trinajstić information content (AvgIpc) is 2.44. The van der Waals surface area contributed by atoms with Crippen molar-refractivity contribution >= 4 is 5.95 Å². The van der Waals surface area contributed by atoms with Crippen molar-refractivity contribution in [3.05, 3.63) is 29.8 Å². The minimum atomic E-state index is -4.43. The quantitative estimate of drug-likeness (QED) is 0.939. The lowest BCUT2D eigenvalue weighted by molar-refractivity contribution is -0.137. The highest BCUT2D eigenvalue weighted by atomic mass is 19.4. The maximum absolute atomic E-state index is 12.7. The molecule has 0 aliphatic carbocycles. The van der Waals surface area contributed by atoms with Crippen LogP contribution in [0.1, 0.15) is 18.9 Å². The third kappa shape index (κ3) is 3.80. The number of nitrogen functional groups attached to an aromatic ring is 1. The van der Waals surface area contributed by atoms with Crippen molar-refractivity contribution in [2.75, 3.05) is 12.3 Å². The van der Waals surface area contributed by atoms with E-state index in [1.165, 1.54) is 12.1 Å². The second kappa shape index (κ2) is 5.94. The summed E-state index contributed by atoms with van der Waals surface area (Å²) >= 11 is 0. The second-order valence-electron chi connectivity index (χ2n) is 4.23. The van der Waals surface area contributed by atoms with Gasteiger partial charge in [0.1, 0.15) is 0 Å². The number of ether oxygens (including phenoxy) is 1. The number of aromatic nitrogens is 3. The summed E-state index contributed by atoms with van der Waals surface area (Å²) in [6.07, 6.45) is -3.69. The van der Waals surface area contributed by atoms with Crippen molar-refractivity contribution in [1.82, 2.24) is 15.0 Å². The molecule has 0 atom stereocenters. The van der Waals surface area contributed by atoms with E-state index in [-0.39, 0.29) is 23.3 Å². The molecule has 0 saturated heterocycles.